The van der Waals surface area contributed by atoms with Crippen LogP contribution >= 0.6 is 0 Å². The number of nitrogens with zero attached hydrogens (tertiary/aromatic N) is 1. The van der Waals surface area contributed by atoms with E-state index in [1.54, 1.807) is 20.3 Å². The van der Waals surface area contributed by atoms with Gasteiger partial charge in [-0.15, -0.1) is 0 Å². The maximum Gasteiger partial charge on any atom is 0.227 e. The van der Waals surface area contributed by atoms with Crippen LogP contribution in [0.3, 0.4) is 0 Å². The van der Waals surface area contributed by atoms with Crippen LogP contribution in [-0.2, 0) is 22.6 Å². The van der Waals surface area contributed by atoms with Crippen molar-refractivity contribution in [1.29, 1.82) is 0 Å². The summed E-state index contributed by atoms with van der Waals surface area (Å²) in [7, 11) is 3.21. The maximum absolute atomic E-state index is 12.8. The third kappa shape index (κ3) is 3.78. The van der Waals surface area contributed by atoms with Gasteiger partial charge in [-0.3, -0.25) is 4.79 Å². The molecule has 6 nitrogen and oxygen atoms in total. The molecule has 0 unspecified atom stereocenters. The molecule has 28 heavy (non-hydrogen) atoms. The van der Waals surface area contributed by atoms with Gasteiger partial charge >= 0.3 is 0 Å². The number of methoxy groups -OCH3 is 2. The largest absolute Gasteiger partial charge is 0.497 e. The second-order valence-corrected chi connectivity index (χ2v) is 7.19. The van der Waals surface area contributed by atoms with E-state index in [1.807, 2.05) is 41.3 Å². The van der Waals surface area contributed by atoms with Crippen molar-refractivity contribution in [3.05, 3.63) is 53.6 Å². The first-order valence-corrected chi connectivity index (χ1v) is 9.51. The van der Waals surface area contributed by atoms with Crippen LogP contribution in [0.4, 0.5) is 0 Å². The highest BCUT2D eigenvalue weighted by Crippen LogP contribution is 2.37. The van der Waals surface area contributed by atoms with Crippen LogP contribution < -0.4 is 14.2 Å². The Morgan fingerprint density at radius 2 is 1.75 bits per heavy atom. The van der Waals surface area contributed by atoms with Gasteiger partial charge in [0.15, 0.2) is 0 Å². The highest BCUT2D eigenvalue weighted by atomic mass is 16.7. The number of amides is 1. The van der Waals surface area contributed by atoms with E-state index in [4.69, 9.17) is 18.9 Å². The van der Waals surface area contributed by atoms with Crippen LogP contribution in [0.1, 0.15) is 24.0 Å². The Morgan fingerprint density at radius 1 is 1.07 bits per heavy atom. The van der Waals surface area contributed by atoms with E-state index in [2.05, 4.69) is 0 Å². The Hall–Kier alpha value is -2.73. The van der Waals surface area contributed by atoms with Crippen LogP contribution in [0.2, 0.25) is 0 Å². The molecule has 0 atom stereocenters. The first kappa shape index (κ1) is 18.6. The number of carbonyl (C=O) groups excluding carboxylic acids is 1. The van der Waals surface area contributed by atoms with Gasteiger partial charge in [0.2, 0.25) is 11.7 Å². The van der Waals surface area contributed by atoms with E-state index in [0.717, 1.165) is 16.9 Å². The fourth-order valence-electron chi connectivity index (χ4n) is 3.76. The summed E-state index contributed by atoms with van der Waals surface area (Å²) in [4.78, 5) is 14.7. The smallest absolute Gasteiger partial charge is 0.227 e. The summed E-state index contributed by atoms with van der Waals surface area (Å²) in [5.41, 5.74) is 1.94. The molecule has 0 radical (unpaired) electrons. The number of piperidine rings is 1. The summed E-state index contributed by atoms with van der Waals surface area (Å²) in [5.74, 6) is 1.72. The standard InChI is InChI=1S/C22H25NO5/c1-25-18-11-16(12-19(14-18)26-2)13-21(24)23-9-7-22(8-10-23)27-15-17-5-3-4-6-20(17)28-22/h3-6,11-12,14H,7-10,13,15H2,1-2H3. The summed E-state index contributed by atoms with van der Waals surface area (Å²) >= 11 is 0. The minimum Gasteiger partial charge on any atom is -0.497 e. The molecule has 2 aliphatic rings. The van der Waals surface area contributed by atoms with E-state index >= 15 is 0 Å². The van der Waals surface area contributed by atoms with Crippen molar-refractivity contribution in [3.63, 3.8) is 0 Å². The molecule has 0 aromatic heterocycles. The van der Waals surface area contributed by atoms with Crippen molar-refractivity contribution in [2.75, 3.05) is 27.3 Å². The highest BCUT2D eigenvalue weighted by Gasteiger charge is 2.41. The fraction of sp³-hybridized carbons (Fsp3) is 0.409. The molecule has 2 aromatic rings. The zero-order chi connectivity index (χ0) is 19.6. The SMILES string of the molecule is COc1cc(CC(=O)N2CCC3(CC2)OCc2ccccc2O3)cc(OC)c1. The number of carbonyl (C=O) groups is 1. The van der Waals surface area contributed by atoms with Gasteiger partial charge in [0.1, 0.15) is 17.2 Å². The second kappa shape index (κ2) is 7.72. The minimum atomic E-state index is -0.621. The van der Waals surface area contributed by atoms with E-state index < -0.39 is 5.79 Å². The number of para-hydroxylation sites is 1. The van der Waals surface area contributed by atoms with Gasteiger partial charge < -0.3 is 23.8 Å². The number of likely N-dealkylation sites (tertiary alicyclic amines) is 1. The molecule has 1 saturated heterocycles. The molecule has 4 rings (SSSR count). The van der Waals surface area contributed by atoms with Crippen LogP contribution in [0.5, 0.6) is 17.2 Å². The summed E-state index contributed by atoms with van der Waals surface area (Å²) in [6, 6.07) is 13.5. The Morgan fingerprint density at radius 3 is 2.43 bits per heavy atom. The van der Waals surface area contributed by atoms with Gasteiger partial charge in [0.25, 0.3) is 0 Å². The molecule has 1 amide bonds. The van der Waals surface area contributed by atoms with Gasteiger partial charge in [-0.1, -0.05) is 18.2 Å². The molecule has 0 bridgehead atoms. The molecule has 1 spiro atoms. The number of benzene rings is 2. The zero-order valence-electron chi connectivity index (χ0n) is 16.3. The molecular weight excluding hydrogens is 358 g/mol. The Labute approximate surface area is 165 Å². The molecule has 2 heterocycles. The first-order chi connectivity index (χ1) is 13.6. The van der Waals surface area contributed by atoms with Crippen LogP contribution in [-0.4, -0.2) is 43.9 Å². The van der Waals surface area contributed by atoms with Crippen molar-refractivity contribution >= 4 is 5.91 Å². The van der Waals surface area contributed by atoms with Crippen LogP contribution in [0, 0.1) is 0 Å². The Balaban J connectivity index is 1.38. The van der Waals surface area contributed by atoms with E-state index in [-0.39, 0.29) is 5.91 Å². The second-order valence-electron chi connectivity index (χ2n) is 7.19. The fourth-order valence-corrected chi connectivity index (χ4v) is 3.76. The lowest BCUT2D eigenvalue weighted by Crippen LogP contribution is -2.52. The number of hydrogen-bond acceptors (Lipinski definition) is 5. The molecule has 0 N–H and O–H groups in total. The predicted molar refractivity (Wildman–Crippen MR) is 104 cm³/mol. The number of fused-ring (bicyclic) bond motifs is 1. The van der Waals surface area contributed by atoms with E-state index in [9.17, 15) is 4.79 Å². The predicted octanol–water partition coefficient (Wildman–Crippen LogP) is 3.17. The third-order valence-electron chi connectivity index (χ3n) is 5.40. The summed E-state index contributed by atoms with van der Waals surface area (Å²) < 4.78 is 22.8. The molecule has 0 saturated carbocycles. The van der Waals surface area contributed by atoms with Gasteiger partial charge in [-0.05, 0) is 23.8 Å². The van der Waals surface area contributed by atoms with Crippen molar-refractivity contribution in [1.82, 2.24) is 4.90 Å². The maximum atomic E-state index is 12.8. The molecule has 148 valence electrons. The van der Waals surface area contributed by atoms with Gasteiger partial charge in [0.05, 0.1) is 27.2 Å². The normalized spacial score (nSPS) is 17.6. The Kier molecular flexibility index (Phi) is 5.13. The van der Waals surface area contributed by atoms with Crippen LogP contribution in [0.25, 0.3) is 0 Å². The van der Waals surface area contributed by atoms with E-state index in [1.165, 1.54) is 0 Å². The lowest BCUT2D eigenvalue weighted by molar-refractivity contribution is -0.227. The van der Waals surface area contributed by atoms with Gasteiger partial charge in [0, 0.05) is 37.6 Å². The third-order valence-corrected chi connectivity index (χ3v) is 5.40. The average Bonchev–Trinajstić information content (AvgIpc) is 2.73. The van der Waals surface area contributed by atoms with Crippen molar-refractivity contribution < 1.29 is 23.7 Å². The van der Waals surface area contributed by atoms with Crippen molar-refractivity contribution in [2.24, 2.45) is 0 Å². The molecular formula is C22H25NO5. The topological polar surface area (TPSA) is 57.2 Å². The summed E-state index contributed by atoms with van der Waals surface area (Å²) in [6.07, 6.45) is 1.63. The number of rotatable bonds is 4. The lowest BCUT2D eigenvalue weighted by Gasteiger charge is -2.44. The monoisotopic (exact) mass is 383 g/mol. The highest BCUT2D eigenvalue weighted by molar-refractivity contribution is 5.79. The lowest BCUT2D eigenvalue weighted by atomic mass is 10.0. The van der Waals surface area contributed by atoms with Crippen molar-refractivity contribution in [2.45, 2.75) is 31.7 Å². The van der Waals surface area contributed by atoms with Crippen LogP contribution in [0.15, 0.2) is 42.5 Å². The molecule has 2 aliphatic heterocycles. The van der Waals surface area contributed by atoms with Gasteiger partial charge in [-0.25, -0.2) is 0 Å². The molecule has 0 aliphatic carbocycles. The first-order valence-electron chi connectivity index (χ1n) is 9.51. The molecule has 2 aromatic carbocycles. The summed E-state index contributed by atoms with van der Waals surface area (Å²) in [5, 5.41) is 0. The Bertz CT molecular complexity index is 836. The zero-order valence-corrected chi connectivity index (χ0v) is 16.3. The van der Waals surface area contributed by atoms with Crippen molar-refractivity contribution in [3.8, 4) is 17.2 Å². The number of hydrogen-bond donors (Lipinski definition) is 0. The van der Waals surface area contributed by atoms with E-state index in [0.29, 0.717) is 50.5 Å². The molecule has 1 fully saturated rings. The van der Waals surface area contributed by atoms with Gasteiger partial charge in [-0.2, -0.15) is 0 Å². The summed E-state index contributed by atoms with van der Waals surface area (Å²) in [6.45, 7) is 1.78. The quantitative estimate of drug-likeness (QED) is 0.812. The number of ether oxygens (including phenoxy) is 4. The molecule has 6 heteroatoms. The minimum absolute atomic E-state index is 0.0846. The average molecular weight is 383 g/mol.